The molecule has 1 N–H and O–H groups in total. The van der Waals surface area contributed by atoms with Gasteiger partial charge in [-0.15, -0.1) is 0 Å². The minimum atomic E-state index is 0.720. The van der Waals surface area contributed by atoms with Crippen LogP contribution in [-0.2, 0) is 0 Å². The first-order chi connectivity index (χ1) is 6.77. The van der Waals surface area contributed by atoms with Crippen LogP contribution in [0, 0.1) is 0 Å². The standard InChI is InChI=1S/C10H14ClNOS/c1-13-10-4-3-8(11)7-9(10)12-5-6-14-2/h3-4,7,12H,5-6H2,1-2H3. The van der Waals surface area contributed by atoms with Gasteiger partial charge in [0.1, 0.15) is 5.75 Å². The fraction of sp³-hybridized carbons (Fsp3) is 0.400. The highest BCUT2D eigenvalue weighted by Gasteiger charge is 2.02. The smallest absolute Gasteiger partial charge is 0.142 e. The third kappa shape index (κ3) is 3.31. The zero-order chi connectivity index (χ0) is 10.4. The van der Waals surface area contributed by atoms with Crippen molar-refractivity contribution >= 4 is 29.1 Å². The van der Waals surface area contributed by atoms with Gasteiger partial charge in [-0.2, -0.15) is 11.8 Å². The van der Waals surface area contributed by atoms with Crippen LogP contribution in [-0.4, -0.2) is 25.7 Å². The lowest BCUT2D eigenvalue weighted by molar-refractivity contribution is 0.416. The molecule has 0 saturated carbocycles. The lowest BCUT2D eigenvalue weighted by Crippen LogP contribution is -2.05. The summed E-state index contributed by atoms with van der Waals surface area (Å²) < 4.78 is 5.20. The van der Waals surface area contributed by atoms with Gasteiger partial charge in [0.25, 0.3) is 0 Å². The van der Waals surface area contributed by atoms with E-state index in [1.807, 2.05) is 18.2 Å². The maximum Gasteiger partial charge on any atom is 0.142 e. The summed E-state index contributed by atoms with van der Waals surface area (Å²) in [5.74, 6) is 1.89. The molecular formula is C10H14ClNOS. The average molecular weight is 232 g/mol. The summed E-state index contributed by atoms with van der Waals surface area (Å²) in [7, 11) is 1.66. The molecule has 0 saturated heterocycles. The molecule has 1 rings (SSSR count). The minimum absolute atomic E-state index is 0.720. The zero-order valence-electron chi connectivity index (χ0n) is 8.34. The first-order valence-electron chi connectivity index (χ1n) is 4.34. The molecule has 0 spiro atoms. The monoisotopic (exact) mass is 231 g/mol. The SMILES string of the molecule is COc1ccc(Cl)cc1NCCSC. The summed E-state index contributed by atoms with van der Waals surface area (Å²) in [6.07, 6.45) is 2.08. The third-order valence-corrected chi connectivity index (χ3v) is 2.63. The molecule has 0 fully saturated rings. The van der Waals surface area contributed by atoms with Crippen LogP contribution >= 0.6 is 23.4 Å². The molecule has 2 nitrogen and oxygen atoms in total. The largest absolute Gasteiger partial charge is 0.495 e. The minimum Gasteiger partial charge on any atom is -0.495 e. The molecule has 0 unspecified atom stereocenters. The second kappa shape index (κ2) is 6.04. The number of rotatable bonds is 5. The Hall–Kier alpha value is -0.540. The molecule has 78 valence electrons. The van der Waals surface area contributed by atoms with E-state index in [1.165, 1.54) is 0 Å². The average Bonchev–Trinajstić information content (AvgIpc) is 2.19. The molecule has 0 atom stereocenters. The first-order valence-corrected chi connectivity index (χ1v) is 6.11. The number of halogens is 1. The molecule has 0 aliphatic carbocycles. The lowest BCUT2D eigenvalue weighted by Gasteiger charge is -2.10. The number of methoxy groups -OCH3 is 1. The van der Waals surface area contributed by atoms with Crippen molar-refractivity contribution in [2.24, 2.45) is 0 Å². The highest BCUT2D eigenvalue weighted by Crippen LogP contribution is 2.27. The topological polar surface area (TPSA) is 21.3 Å². The quantitative estimate of drug-likeness (QED) is 0.787. The van der Waals surface area contributed by atoms with Gasteiger partial charge in [-0.05, 0) is 24.5 Å². The molecule has 0 aliphatic heterocycles. The molecular weight excluding hydrogens is 218 g/mol. The van der Waals surface area contributed by atoms with Crippen molar-refractivity contribution in [3.8, 4) is 5.75 Å². The number of hydrogen-bond acceptors (Lipinski definition) is 3. The predicted molar refractivity (Wildman–Crippen MR) is 64.9 cm³/mol. The van der Waals surface area contributed by atoms with Gasteiger partial charge in [0.15, 0.2) is 0 Å². The predicted octanol–water partition coefficient (Wildman–Crippen LogP) is 3.12. The Bertz CT molecular complexity index is 293. The van der Waals surface area contributed by atoms with Gasteiger partial charge in [-0.1, -0.05) is 11.6 Å². The number of thioether (sulfide) groups is 1. The highest BCUT2D eigenvalue weighted by molar-refractivity contribution is 7.98. The maximum absolute atomic E-state index is 5.89. The van der Waals surface area contributed by atoms with Crippen LogP contribution in [0.25, 0.3) is 0 Å². The van der Waals surface area contributed by atoms with Gasteiger partial charge in [0.05, 0.1) is 12.8 Å². The van der Waals surface area contributed by atoms with E-state index in [9.17, 15) is 0 Å². The van der Waals surface area contributed by atoms with Crippen LogP contribution in [0.2, 0.25) is 5.02 Å². The Morgan fingerprint density at radius 2 is 2.29 bits per heavy atom. The van der Waals surface area contributed by atoms with E-state index < -0.39 is 0 Å². The summed E-state index contributed by atoms with van der Waals surface area (Å²) in [6.45, 7) is 0.915. The Morgan fingerprint density at radius 3 is 2.93 bits per heavy atom. The van der Waals surface area contributed by atoms with Crippen molar-refractivity contribution in [1.82, 2.24) is 0 Å². The van der Waals surface area contributed by atoms with E-state index in [0.29, 0.717) is 0 Å². The summed E-state index contributed by atoms with van der Waals surface area (Å²) in [5.41, 5.74) is 0.953. The second-order valence-electron chi connectivity index (χ2n) is 2.76. The van der Waals surface area contributed by atoms with Crippen molar-refractivity contribution in [3.05, 3.63) is 23.2 Å². The Morgan fingerprint density at radius 1 is 1.50 bits per heavy atom. The van der Waals surface area contributed by atoms with E-state index in [1.54, 1.807) is 18.9 Å². The zero-order valence-corrected chi connectivity index (χ0v) is 9.91. The Labute approximate surface area is 94.0 Å². The van der Waals surface area contributed by atoms with Crippen LogP contribution in [0.3, 0.4) is 0 Å². The van der Waals surface area contributed by atoms with Gasteiger partial charge in [-0.25, -0.2) is 0 Å². The van der Waals surface area contributed by atoms with E-state index >= 15 is 0 Å². The molecule has 0 aliphatic rings. The Balaban J connectivity index is 2.67. The third-order valence-electron chi connectivity index (χ3n) is 1.78. The van der Waals surface area contributed by atoms with E-state index in [2.05, 4.69) is 11.6 Å². The van der Waals surface area contributed by atoms with E-state index in [4.69, 9.17) is 16.3 Å². The second-order valence-corrected chi connectivity index (χ2v) is 4.19. The molecule has 1 aromatic carbocycles. The number of anilines is 1. The summed E-state index contributed by atoms with van der Waals surface area (Å²) >= 11 is 7.69. The summed E-state index contributed by atoms with van der Waals surface area (Å²) in [4.78, 5) is 0. The number of benzene rings is 1. The lowest BCUT2D eigenvalue weighted by atomic mass is 10.3. The number of nitrogens with one attached hydrogen (secondary N) is 1. The molecule has 1 aromatic rings. The number of ether oxygens (including phenoxy) is 1. The molecule has 0 aromatic heterocycles. The molecule has 14 heavy (non-hydrogen) atoms. The van der Waals surface area contributed by atoms with Gasteiger partial charge < -0.3 is 10.1 Å². The van der Waals surface area contributed by atoms with Crippen LogP contribution < -0.4 is 10.1 Å². The first kappa shape index (κ1) is 11.5. The van der Waals surface area contributed by atoms with Crippen LogP contribution in [0.15, 0.2) is 18.2 Å². The summed E-state index contributed by atoms with van der Waals surface area (Å²) in [6, 6.07) is 5.56. The van der Waals surface area contributed by atoms with Crippen LogP contribution in [0.5, 0.6) is 5.75 Å². The van der Waals surface area contributed by atoms with E-state index in [0.717, 1.165) is 28.8 Å². The van der Waals surface area contributed by atoms with E-state index in [-0.39, 0.29) is 0 Å². The molecule has 0 amide bonds. The van der Waals surface area contributed by atoms with Gasteiger partial charge in [0.2, 0.25) is 0 Å². The fourth-order valence-electron chi connectivity index (χ4n) is 1.11. The maximum atomic E-state index is 5.89. The van der Waals surface area contributed by atoms with Gasteiger partial charge >= 0.3 is 0 Å². The fourth-order valence-corrected chi connectivity index (χ4v) is 1.58. The molecule has 0 radical (unpaired) electrons. The van der Waals surface area contributed by atoms with Crippen LogP contribution in [0.4, 0.5) is 5.69 Å². The summed E-state index contributed by atoms with van der Waals surface area (Å²) in [5, 5.41) is 4.00. The number of hydrogen-bond donors (Lipinski definition) is 1. The Kier molecular flexibility index (Phi) is 4.98. The van der Waals surface area contributed by atoms with Crippen molar-refractivity contribution in [3.63, 3.8) is 0 Å². The van der Waals surface area contributed by atoms with Crippen molar-refractivity contribution in [1.29, 1.82) is 0 Å². The van der Waals surface area contributed by atoms with Gasteiger partial charge in [0, 0.05) is 17.3 Å². The molecule has 4 heteroatoms. The molecule has 0 bridgehead atoms. The van der Waals surface area contributed by atoms with Crippen LogP contribution in [0.1, 0.15) is 0 Å². The van der Waals surface area contributed by atoms with Crippen molar-refractivity contribution in [2.75, 3.05) is 31.0 Å². The van der Waals surface area contributed by atoms with Crippen molar-refractivity contribution in [2.45, 2.75) is 0 Å². The highest BCUT2D eigenvalue weighted by atomic mass is 35.5. The van der Waals surface area contributed by atoms with Crippen molar-refractivity contribution < 1.29 is 4.74 Å². The normalized spacial score (nSPS) is 9.93. The van der Waals surface area contributed by atoms with Gasteiger partial charge in [-0.3, -0.25) is 0 Å². The molecule has 0 heterocycles.